The van der Waals surface area contributed by atoms with Crippen LogP contribution in [0.1, 0.15) is 24.8 Å². The molecule has 2 aliphatic heterocycles. The van der Waals surface area contributed by atoms with E-state index in [2.05, 4.69) is 0 Å². The minimum Gasteiger partial charge on any atom is -0.369 e. The standard InChI is InChI=1S/C17H17ClF3N3O3/c18-12-2-1-10(7-11(12)17(19,20)21)24-14(25)8-13(16(24)27)23-5-3-9(4-6-23)15(22)26/h1-2,7,9,13H,3-6,8H2,(H2,22,26)/p+1. The number of primary amides is 1. The van der Waals surface area contributed by atoms with Crippen molar-refractivity contribution >= 4 is 35.0 Å². The summed E-state index contributed by atoms with van der Waals surface area (Å²) in [7, 11) is 0. The molecule has 0 saturated carbocycles. The summed E-state index contributed by atoms with van der Waals surface area (Å²) in [5.74, 6) is -1.72. The average molecular weight is 405 g/mol. The number of nitrogens with one attached hydrogen (secondary N) is 1. The summed E-state index contributed by atoms with van der Waals surface area (Å²) < 4.78 is 39.2. The molecule has 0 aliphatic carbocycles. The predicted octanol–water partition coefficient (Wildman–Crippen LogP) is 0.771. The van der Waals surface area contributed by atoms with Crippen LogP contribution in [-0.2, 0) is 20.6 Å². The third kappa shape index (κ3) is 3.79. The van der Waals surface area contributed by atoms with E-state index < -0.39 is 34.6 Å². The van der Waals surface area contributed by atoms with E-state index in [0.717, 1.165) is 21.9 Å². The van der Waals surface area contributed by atoms with Crippen LogP contribution < -0.4 is 15.5 Å². The van der Waals surface area contributed by atoms with Gasteiger partial charge in [-0.25, -0.2) is 4.90 Å². The molecule has 0 spiro atoms. The van der Waals surface area contributed by atoms with Gasteiger partial charge in [0, 0.05) is 18.8 Å². The fraction of sp³-hybridized carbons (Fsp3) is 0.471. The van der Waals surface area contributed by atoms with Crippen LogP contribution in [0.2, 0.25) is 5.02 Å². The van der Waals surface area contributed by atoms with Gasteiger partial charge < -0.3 is 10.6 Å². The fourth-order valence-electron chi connectivity index (χ4n) is 3.71. The van der Waals surface area contributed by atoms with Gasteiger partial charge in [-0.2, -0.15) is 13.2 Å². The van der Waals surface area contributed by atoms with Gasteiger partial charge in [0.25, 0.3) is 5.91 Å². The number of piperidine rings is 1. The van der Waals surface area contributed by atoms with E-state index in [1.54, 1.807) is 0 Å². The lowest BCUT2D eigenvalue weighted by Gasteiger charge is -2.30. The Kier molecular flexibility index (Phi) is 5.18. The van der Waals surface area contributed by atoms with Crippen molar-refractivity contribution in [1.82, 2.24) is 0 Å². The Bertz CT molecular complexity index is 791. The molecule has 3 N–H and O–H groups in total. The third-order valence-electron chi connectivity index (χ3n) is 5.18. The summed E-state index contributed by atoms with van der Waals surface area (Å²) in [6.07, 6.45) is -3.75. The van der Waals surface area contributed by atoms with Crippen LogP contribution >= 0.6 is 11.6 Å². The zero-order chi connectivity index (χ0) is 19.9. The van der Waals surface area contributed by atoms with Crippen molar-refractivity contribution in [3.8, 4) is 0 Å². The first kappa shape index (κ1) is 19.6. The van der Waals surface area contributed by atoms with E-state index in [1.165, 1.54) is 6.07 Å². The Morgan fingerprint density at radius 3 is 2.41 bits per heavy atom. The normalized spacial score (nSPS) is 26.5. The molecule has 2 heterocycles. The van der Waals surface area contributed by atoms with E-state index in [1.807, 2.05) is 0 Å². The SMILES string of the molecule is NC(=O)C1CC[NH+](C2CC(=O)N(c3ccc(Cl)c(C(F)(F)F)c3)C2=O)CC1. The Morgan fingerprint density at radius 1 is 1.22 bits per heavy atom. The molecule has 1 atom stereocenters. The van der Waals surface area contributed by atoms with Gasteiger partial charge >= 0.3 is 6.18 Å². The molecule has 0 bridgehead atoms. The number of rotatable bonds is 3. The van der Waals surface area contributed by atoms with E-state index in [9.17, 15) is 27.6 Å². The maximum atomic E-state index is 13.1. The number of amides is 3. The molecule has 3 amide bonds. The molecule has 146 valence electrons. The number of carbonyl (C=O) groups is 3. The van der Waals surface area contributed by atoms with Crippen molar-refractivity contribution in [3.05, 3.63) is 28.8 Å². The van der Waals surface area contributed by atoms with Crippen LogP contribution in [0.5, 0.6) is 0 Å². The van der Waals surface area contributed by atoms with E-state index in [4.69, 9.17) is 17.3 Å². The van der Waals surface area contributed by atoms with Crippen molar-refractivity contribution < 1.29 is 32.5 Å². The lowest BCUT2D eigenvalue weighted by Crippen LogP contribution is -3.17. The van der Waals surface area contributed by atoms with E-state index in [-0.39, 0.29) is 23.9 Å². The van der Waals surface area contributed by atoms with Crippen molar-refractivity contribution in [3.63, 3.8) is 0 Å². The van der Waals surface area contributed by atoms with Gasteiger partial charge in [-0.15, -0.1) is 0 Å². The zero-order valence-electron chi connectivity index (χ0n) is 14.2. The second-order valence-corrected chi connectivity index (χ2v) is 7.23. The highest BCUT2D eigenvalue weighted by Crippen LogP contribution is 2.37. The van der Waals surface area contributed by atoms with Crippen LogP contribution in [0, 0.1) is 5.92 Å². The van der Waals surface area contributed by atoms with E-state index in [0.29, 0.717) is 25.9 Å². The van der Waals surface area contributed by atoms with Gasteiger partial charge in [-0.1, -0.05) is 11.6 Å². The molecule has 2 fully saturated rings. The lowest BCUT2D eigenvalue weighted by atomic mass is 9.95. The number of imide groups is 1. The molecule has 6 nitrogen and oxygen atoms in total. The van der Waals surface area contributed by atoms with Gasteiger partial charge in [0.1, 0.15) is 0 Å². The quantitative estimate of drug-likeness (QED) is 0.730. The van der Waals surface area contributed by atoms with Crippen LogP contribution in [0.3, 0.4) is 0 Å². The van der Waals surface area contributed by atoms with E-state index >= 15 is 0 Å². The number of anilines is 1. The topological polar surface area (TPSA) is 84.9 Å². The third-order valence-corrected chi connectivity index (χ3v) is 5.51. The minimum atomic E-state index is -4.69. The first-order valence-electron chi connectivity index (χ1n) is 8.47. The highest BCUT2D eigenvalue weighted by molar-refractivity contribution is 6.31. The number of halogens is 4. The number of likely N-dealkylation sites (tertiary alicyclic amines) is 1. The smallest absolute Gasteiger partial charge is 0.369 e. The molecular weight excluding hydrogens is 387 g/mol. The monoisotopic (exact) mass is 404 g/mol. The van der Waals surface area contributed by atoms with Crippen LogP contribution in [-0.4, -0.2) is 36.9 Å². The summed E-state index contributed by atoms with van der Waals surface area (Å²) in [6.45, 7) is 0.999. The second-order valence-electron chi connectivity index (χ2n) is 6.82. The number of hydrogen-bond donors (Lipinski definition) is 2. The molecule has 0 aromatic heterocycles. The first-order valence-corrected chi connectivity index (χ1v) is 8.85. The fourth-order valence-corrected chi connectivity index (χ4v) is 3.94. The van der Waals surface area contributed by atoms with Gasteiger partial charge in [-0.3, -0.25) is 14.4 Å². The summed E-state index contributed by atoms with van der Waals surface area (Å²) >= 11 is 5.60. The Balaban J connectivity index is 1.80. The Hall–Kier alpha value is -2.13. The van der Waals surface area contributed by atoms with Gasteiger partial charge in [0.15, 0.2) is 6.04 Å². The molecule has 1 aromatic rings. The van der Waals surface area contributed by atoms with Crippen molar-refractivity contribution in [2.75, 3.05) is 18.0 Å². The van der Waals surface area contributed by atoms with Crippen molar-refractivity contribution in [1.29, 1.82) is 0 Å². The molecule has 2 saturated heterocycles. The van der Waals surface area contributed by atoms with Gasteiger partial charge in [-0.05, 0) is 18.2 Å². The molecule has 1 aromatic carbocycles. The summed E-state index contributed by atoms with van der Waals surface area (Å²) in [4.78, 5) is 38.0. The lowest BCUT2D eigenvalue weighted by molar-refractivity contribution is -0.920. The number of nitrogens with two attached hydrogens (primary N) is 1. The zero-order valence-corrected chi connectivity index (χ0v) is 14.9. The number of benzene rings is 1. The average Bonchev–Trinajstić information content (AvgIpc) is 2.89. The maximum Gasteiger partial charge on any atom is 0.417 e. The molecule has 1 unspecified atom stereocenters. The molecule has 27 heavy (non-hydrogen) atoms. The number of nitrogens with zero attached hydrogens (tertiary/aromatic N) is 1. The Morgan fingerprint density at radius 2 is 1.85 bits per heavy atom. The van der Waals surface area contributed by atoms with Crippen molar-refractivity contribution in [2.24, 2.45) is 11.7 Å². The van der Waals surface area contributed by atoms with Crippen LogP contribution in [0.25, 0.3) is 0 Å². The minimum absolute atomic E-state index is 0.0839. The van der Waals surface area contributed by atoms with Crippen LogP contribution in [0.15, 0.2) is 18.2 Å². The molecule has 10 heteroatoms. The highest BCUT2D eigenvalue weighted by Gasteiger charge is 2.47. The maximum absolute atomic E-state index is 13.1. The molecule has 0 radical (unpaired) electrons. The van der Waals surface area contributed by atoms with Gasteiger partial charge in [0.2, 0.25) is 11.8 Å². The molecule has 3 rings (SSSR count). The van der Waals surface area contributed by atoms with Gasteiger partial charge in [0.05, 0.1) is 35.8 Å². The molecular formula is C17H18ClF3N3O3+. The summed E-state index contributed by atoms with van der Waals surface area (Å²) in [6, 6.07) is 2.30. The number of alkyl halides is 3. The largest absolute Gasteiger partial charge is 0.417 e. The summed E-state index contributed by atoms with van der Waals surface area (Å²) in [5, 5.41) is -0.499. The van der Waals surface area contributed by atoms with Crippen LogP contribution in [0.4, 0.5) is 18.9 Å². The number of carbonyl (C=O) groups excluding carboxylic acids is 3. The first-order chi connectivity index (χ1) is 12.6. The predicted molar refractivity (Wildman–Crippen MR) is 90.0 cm³/mol. The summed E-state index contributed by atoms with van der Waals surface area (Å²) in [5.41, 5.74) is 4.05. The second kappa shape index (κ2) is 7.12. The van der Waals surface area contributed by atoms with Crippen molar-refractivity contribution in [2.45, 2.75) is 31.5 Å². The Labute approximate surface area is 158 Å². The number of quaternary nitrogens is 1. The number of hydrogen-bond acceptors (Lipinski definition) is 3. The highest BCUT2D eigenvalue weighted by atomic mass is 35.5. The molecule has 2 aliphatic rings.